The zero-order valence-electron chi connectivity index (χ0n) is 15.7. The maximum atomic E-state index is 12.5. The summed E-state index contributed by atoms with van der Waals surface area (Å²) in [5, 5.41) is 0. The van der Waals surface area contributed by atoms with Gasteiger partial charge in [0.1, 0.15) is 18.3 Å². The van der Waals surface area contributed by atoms with Crippen molar-refractivity contribution in [1.82, 2.24) is 14.9 Å². The van der Waals surface area contributed by atoms with Crippen molar-refractivity contribution in [3.63, 3.8) is 0 Å². The van der Waals surface area contributed by atoms with Crippen molar-refractivity contribution in [3.8, 4) is 17.1 Å². The molecule has 3 aromatic rings. The number of hydrogen-bond acceptors (Lipinski definition) is 4. The molecule has 0 atom stereocenters. The summed E-state index contributed by atoms with van der Waals surface area (Å²) in [6.45, 7) is 6.04. The molecule has 0 bridgehead atoms. The number of hydrogen-bond donors (Lipinski definition) is 1. The van der Waals surface area contributed by atoms with Gasteiger partial charge < -0.3 is 9.72 Å². The van der Waals surface area contributed by atoms with Crippen molar-refractivity contribution in [1.29, 1.82) is 0 Å². The smallest absolute Gasteiger partial charge is 0.254 e. The van der Waals surface area contributed by atoms with Crippen LogP contribution in [-0.2, 0) is 13.0 Å². The highest BCUT2D eigenvalue weighted by Gasteiger charge is 2.21. The Bertz CT molecular complexity index is 1010. The summed E-state index contributed by atoms with van der Waals surface area (Å²) in [6.07, 6.45) is 0.683. The lowest BCUT2D eigenvalue weighted by Crippen LogP contribution is -2.37. The lowest BCUT2D eigenvalue weighted by Gasteiger charge is -2.27. The molecule has 27 heavy (non-hydrogen) atoms. The Kier molecular flexibility index (Phi) is 4.77. The molecule has 1 N–H and O–H groups in total. The van der Waals surface area contributed by atoms with Crippen molar-refractivity contribution in [2.24, 2.45) is 0 Å². The topological polar surface area (TPSA) is 58.2 Å². The number of fused-ring (bicyclic) bond motifs is 1. The van der Waals surface area contributed by atoms with E-state index in [1.54, 1.807) is 0 Å². The van der Waals surface area contributed by atoms with Crippen LogP contribution in [0, 0.1) is 13.8 Å². The molecule has 2 aromatic carbocycles. The summed E-state index contributed by atoms with van der Waals surface area (Å²) in [5.41, 5.74) is 4.90. The molecule has 0 aliphatic carbocycles. The van der Waals surface area contributed by atoms with Crippen LogP contribution < -0.4 is 10.3 Å². The van der Waals surface area contributed by atoms with Gasteiger partial charge in [-0.1, -0.05) is 42.5 Å². The van der Waals surface area contributed by atoms with Crippen LogP contribution in [0.15, 0.2) is 53.3 Å². The summed E-state index contributed by atoms with van der Waals surface area (Å²) >= 11 is 0. The van der Waals surface area contributed by atoms with Gasteiger partial charge in [0.2, 0.25) is 0 Å². The molecule has 1 aliphatic heterocycles. The number of nitrogens with one attached hydrogen (secondary N) is 1. The zero-order chi connectivity index (χ0) is 18.8. The van der Waals surface area contributed by atoms with E-state index in [-0.39, 0.29) is 5.56 Å². The van der Waals surface area contributed by atoms with E-state index in [2.05, 4.69) is 29.8 Å². The van der Waals surface area contributed by atoms with Crippen LogP contribution in [-0.4, -0.2) is 28.1 Å². The largest absolute Gasteiger partial charge is 0.478 e. The standard InChI is InChI=1S/C22H23N3O2/c1-15-7-6-10-20(16(15)2)27-14-25-12-11-18-19(13-25)23-21(24-22(18)26)17-8-4-3-5-9-17/h3-10H,11-14H2,1-2H3,(H,23,24,26). The summed E-state index contributed by atoms with van der Waals surface area (Å²) in [6, 6.07) is 15.8. The van der Waals surface area contributed by atoms with E-state index < -0.39 is 0 Å². The van der Waals surface area contributed by atoms with Crippen LogP contribution in [0.2, 0.25) is 0 Å². The van der Waals surface area contributed by atoms with Gasteiger partial charge in [-0.2, -0.15) is 0 Å². The first-order valence-corrected chi connectivity index (χ1v) is 9.20. The quantitative estimate of drug-likeness (QED) is 0.773. The summed E-state index contributed by atoms with van der Waals surface area (Å²) < 4.78 is 6.03. The predicted octanol–water partition coefficient (Wildman–Crippen LogP) is 3.45. The van der Waals surface area contributed by atoms with E-state index in [4.69, 9.17) is 9.72 Å². The normalized spacial score (nSPS) is 14.0. The maximum absolute atomic E-state index is 12.5. The molecule has 1 aromatic heterocycles. The fourth-order valence-electron chi connectivity index (χ4n) is 3.38. The third-order valence-electron chi connectivity index (χ3n) is 5.16. The molecule has 1 aliphatic rings. The van der Waals surface area contributed by atoms with Crippen LogP contribution in [0.3, 0.4) is 0 Å². The van der Waals surface area contributed by atoms with Crippen molar-refractivity contribution >= 4 is 0 Å². The van der Waals surface area contributed by atoms with Crippen molar-refractivity contribution in [2.45, 2.75) is 26.8 Å². The zero-order valence-corrected chi connectivity index (χ0v) is 15.7. The van der Waals surface area contributed by atoms with E-state index in [0.29, 0.717) is 25.5 Å². The Morgan fingerprint density at radius 3 is 2.74 bits per heavy atom. The molecule has 0 unspecified atom stereocenters. The van der Waals surface area contributed by atoms with E-state index in [1.807, 2.05) is 42.5 Å². The fraction of sp³-hybridized carbons (Fsp3) is 0.273. The number of aryl methyl sites for hydroxylation is 1. The Morgan fingerprint density at radius 2 is 1.93 bits per heavy atom. The van der Waals surface area contributed by atoms with Gasteiger partial charge in [-0.25, -0.2) is 4.98 Å². The first-order chi connectivity index (χ1) is 13.1. The van der Waals surface area contributed by atoms with Gasteiger partial charge in [0.15, 0.2) is 0 Å². The molecule has 5 heteroatoms. The first-order valence-electron chi connectivity index (χ1n) is 9.20. The molecule has 0 fully saturated rings. The number of ether oxygens (including phenoxy) is 1. The molecule has 5 nitrogen and oxygen atoms in total. The highest BCUT2D eigenvalue weighted by molar-refractivity contribution is 5.54. The van der Waals surface area contributed by atoms with Gasteiger partial charge in [-0.05, 0) is 37.5 Å². The van der Waals surface area contributed by atoms with Crippen LogP contribution in [0.4, 0.5) is 0 Å². The summed E-state index contributed by atoms with van der Waals surface area (Å²) in [4.78, 5) is 22.3. The number of aromatic amines is 1. The minimum absolute atomic E-state index is 0.0334. The lowest BCUT2D eigenvalue weighted by molar-refractivity contribution is 0.111. The molecule has 0 radical (unpaired) electrons. The molecular formula is C22H23N3O2. The second-order valence-electron chi connectivity index (χ2n) is 6.98. The number of nitrogens with zero attached hydrogens (tertiary/aromatic N) is 2. The summed E-state index contributed by atoms with van der Waals surface area (Å²) in [7, 11) is 0. The Morgan fingerprint density at radius 1 is 1.11 bits per heavy atom. The van der Waals surface area contributed by atoms with E-state index >= 15 is 0 Å². The van der Waals surface area contributed by atoms with Crippen molar-refractivity contribution in [3.05, 3.63) is 81.3 Å². The molecule has 138 valence electrons. The monoisotopic (exact) mass is 361 g/mol. The van der Waals surface area contributed by atoms with Crippen LogP contribution in [0.25, 0.3) is 11.4 Å². The van der Waals surface area contributed by atoms with E-state index in [1.165, 1.54) is 5.56 Å². The number of benzene rings is 2. The fourth-order valence-corrected chi connectivity index (χ4v) is 3.38. The Labute approximate surface area is 158 Å². The Hall–Kier alpha value is -2.92. The van der Waals surface area contributed by atoms with Crippen molar-refractivity contribution < 1.29 is 4.74 Å². The number of aromatic nitrogens is 2. The van der Waals surface area contributed by atoms with E-state index in [9.17, 15) is 4.79 Å². The Balaban J connectivity index is 1.53. The number of rotatable bonds is 4. The number of H-pyrrole nitrogens is 1. The molecular weight excluding hydrogens is 338 g/mol. The highest BCUT2D eigenvalue weighted by Crippen LogP contribution is 2.22. The molecule has 2 heterocycles. The average molecular weight is 361 g/mol. The van der Waals surface area contributed by atoms with Gasteiger partial charge in [0, 0.05) is 24.2 Å². The lowest BCUT2D eigenvalue weighted by atomic mass is 10.1. The van der Waals surface area contributed by atoms with Gasteiger partial charge in [0.05, 0.1) is 5.69 Å². The van der Waals surface area contributed by atoms with Gasteiger partial charge in [-0.3, -0.25) is 9.69 Å². The van der Waals surface area contributed by atoms with Gasteiger partial charge in [0.25, 0.3) is 5.56 Å². The van der Waals surface area contributed by atoms with Gasteiger partial charge >= 0.3 is 0 Å². The minimum Gasteiger partial charge on any atom is -0.478 e. The summed E-state index contributed by atoms with van der Waals surface area (Å²) in [5.74, 6) is 1.53. The minimum atomic E-state index is -0.0334. The average Bonchev–Trinajstić information content (AvgIpc) is 2.69. The molecule has 0 saturated carbocycles. The SMILES string of the molecule is Cc1cccc(OCN2CCc3c(nc(-c4ccccc4)[nH]c3=O)C2)c1C. The van der Waals surface area contributed by atoms with E-state index in [0.717, 1.165) is 34.7 Å². The predicted molar refractivity (Wildman–Crippen MR) is 106 cm³/mol. The van der Waals surface area contributed by atoms with Crippen molar-refractivity contribution in [2.75, 3.05) is 13.3 Å². The van der Waals surface area contributed by atoms with Crippen LogP contribution in [0.5, 0.6) is 5.75 Å². The molecule has 0 amide bonds. The second kappa shape index (κ2) is 7.37. The molecule has 4 rings (SSSR count). The first kappa shape index (κ1) is 17.5. The van der Waals surface area contributed by atoms with Crippen LogP contribution in [0.1, 0.15) is 22.4 Å². The van der Waals surface area contributed by atoms with Crippen LogP contribution >= 0.6 is 0 Å². The third-order valence-corrected chi connectivity index (χ3v) is 5.16. The maximum Gasteiger partial charge on any atom is 0.254 e. The highest BCUT2D eigenvalue weighted by atomic mass is 16.5. The van der Waals surface area contributed by atoms with Gasteiger partial charge in [-0.15, -0.1) is 0 Å². The second-order valence-corrected chi connectivity index (χ2v) is 6.98. The molecule has 0 spiro atoms. The third kappa shape index (κ3) is 3.64. The molecule has 0 saturated heterocycles.